The molecule has 4 rings (SSSR count). The molecule has 4 fully saturated rings. The van der Waals surface area contributed by atoms with Crippen LogP contribution in [0.1, 0.15) is 73.1 Å². The van der Waals surface area contributed by atoms with Gasteiger partial charge >= 0.3 is 0 Å². The second-order valence-corrected chi connectivity index (χ2v) is 9.26. The van der Waals surface area contributed by atoms with E-state index in [1.807, 2.05) is 0 Å². The molecule has 0 radical (unpaired) electrons. The van der Waals surface area contributed by atoms with Gasteiger partial charge in [0, 0.05) is 12.1 Å². The van der Waals surface area contributed by atoms with Crippen molar-refractivity contribution >= 4 is 0 Å². The second kappa shape index (κ2) is 4.48. The van der Waals surface area contributed by atoms with Crippen LogP contribution in [0.15, 0.2) is 0 Å². The van der Waals surface area contributed by atoms with Crippen molar-refractivity contribution in [2.75, 3.05) is 0 Å². The third kappa shape index (κ3) is 2.48. The van der Waals surface area contributed by atoms with E-state index in [4.69, 9.17) is 0 Å². The van der Waals surface area contributed by atoms with Crippen LogP contribution in [0.3, 0.4) is 0 Å². The van der Waals surface area contributed by atoms with E-state index < -0.39 is 0 Å². The van der Waals surface area contributed by atoms with Gasteiger partial charge in [-0.3, -0.25) is 0 Å². The van der Waals surface area contributed by atoms with Gasteiger partial charge in [-0.15, -0.1) is 0 Å². The molecule has 4 aliphatic carbocycles. The summed E-state index contributed by atoms with van der Waals surface area (Å²) < 4.78 is 0. The molecule has 4 bridgehead atoms. The first kappa shape index (κ1) is 13.9. The average Bonchev–Trinajstić information content (AvgIpc) is 2.25. The van der Waals surface area contributed by atoms with E-state index in [1.165, 1.54) is 19.3 Å². The molecule has 110 valence electrons. The summed E-state index contributed by atoms with van der Waals surface area (Å²) in [6.45, 7) is 11.9. The van der Waals surface area contributed by atoms with Crippen molar-refractivity contribution in [2.45, 2.75) is 85.2 Å². The zero-order valence-corrected chi connectivity index (χ0v) is 13.6. The maximum atomic E-state index is 3.98. The van der Waals surface area contributed by atoms with Crippen LogP contribution in [0.5, 0.6) is 0 Å². The lowest BCUT2D eigenvalue weighted by atomic mass is 9.48. The fourth-order valence-electron chi connectivity index (χ4n) is 5.51. The molecule has 0 amide bonds. The number of rotatable bonds is 3. The lowest BCUT2D eigenvalue weighted by molar-refractivity contribution is -0.0737. The molecule has 2 atom stereocenters. The summed E-state index contributed by atoms with van der Waals surface area (Å²) >= 11 is 0. The van der Waals surface area contributed by atoms with E-state index in [9.17, 15) is 0 Å². The van der Waals surface area contributed by atoms with Gasteiger partial charge in [-0.25, -0.2) is 0 Å². The average molecular weight is 263 g/mol. The lowest BCUT2D eigenvalue weighted by Gasteiger charge is -2.59. The summed E-state index contributed by atoms with van der Waals surface area (Å²) in [5.74, 6) is 3.21. The smallest absolute Gasteiger partial charge is 0.00981 e. The Kier molecular flexibility index (Phi) is 3.28. The van der Waals surface area contributed by atoms with Crippen LogP contribution < -0.4 is 5.32 Å². The number of hydrogen-bond donors (Lipinski definition) is 1. The van der Waals surface area contributed by atoms with Gasteiger partial charge < -0.3 is 5.32 Å². The summed E-state index contributed by atoms with van der Waals surface area (Å²) in [5, 5.41) is 3.98. The summed E-state index contributed by atoms with van der Waals surface area (Å²) in [5.41, 5.74) is 1.02. The van der Waals surface area contributed by atoms with Gasteiger partial charge in [-0.2, -0.15) is 0 Å². The second-order valence-electron chi connectivity index (χ2n) is 9.26. The molecule has 0 aliphatic heterocycles. The Morgan fingerprint density at radius 3 is 1.68 bits per heavy atom. The minimum absolute atomic E-state index is 0.372. The third-order valence-electron chi connectivity index (χ3n) is 6.80. The summed E-state index contributed by atoms with van der Waals surface area (Å²) in [6, 6.07) is 1.31. The van der Waals surface area contributed by atoms with Crippen molar-refractivity contribution in [1.29, 1.82) is 0 Å². The van der Waals surface area contributed by atoms with E-state index in [-0.39, 0.29) is 0 Å². The van der Waals surface area contributed by atoms with Crippen molar-refractivity contribution in [1.82, 2.24) is 5.32 Å². The van der Waals surface area contributed by atoms with Crippen molar-refractivity contribution in [2.24, 2.45) is 28.6 Å². The molecule has 4 saturated carbocycles. The van der Waals surface area contributed by atoms with Gasteiger partial charge in [0.25, 0.3) is 0 Å². The van der Waals surface area contributed by atoms with Crippen LogP contribution in [-0.4, -0.2) is 12.1 Å². The Labute approximate surface area is 119 Å². The Hall–Kier alpha value is -0.0400. The number of hydrogen-bond acceptors (Lipinski definition) is 1. The highest BCUT2D eigenvalue weighted by Crippen LogP contribution is 2.61. The zero-order chi connectivity index (χ0) is 13.8. The molecule has 0 aromatic carbocycles. The Bertz CT molecular complexity index is 303. The highest BCUT2D eigenvalue weighted by atomic mass is 15.0. The molecule has 19 heavy (non-hydrogen) atoms. The predicted octanol–water partition coefficient (Wildman–Crippen LogP) is 4.62. The molecule has 0 saturated heterocycles. The molecule has 0 aromatic rings. The van der Waals surface area contributed by atoms with Gasteiger partial charge in [0.2, 0.25) is 0 Å². The van der Waals surface area contributed by atoms with E-state index in [0.717, 1.165) is 17.8 Å². The van der Waals surface area contributed by atoms with Gasteiger partial charge in [0.1, 0.15) is 0 Å². The molecule has 0 heterocycles. The topological polar surface area (TPSA) is 12.0 Å². The fourth-order valence-corrected chi connectivity index (χ4v) is 5.51. The zero-order valence-electron chi connectivity index (χ0n) is 13.6. The van der Waals surface area contributed by atoms with Crippen LogP contribution in [0.2, 0.25) is 0 Å². The maximum absolute atomic E-state index is 3.98. The highest BCUT2D eigenvalue weighted by molar-refractivity contribution is 5.05. The van der Waals surface area contributed by atoms with Gasteiger partial charge in [-0.05, 0) is 81.0 Å². The fraction of sp³-hybridized carbons (Fsp3) is 1.00. The van der Waals surface area contributed by atoms with Crippen LogP contribution in [0.25, 0.3) is 0 Å². The lowest BCUT2D eigenvalue weighted by Crippen LogP contribution is -2.57. The summed E-state index contributed by atoms with van der Waals surface area (Å²) in [6.07, 6.45) is 9.22. The summed E-state index contributed by atoms with van der Waals surface area (Å²) in [7, 11) is 0. The van der Waals surface area contributed by atoms with E-state index >= 15 is 0 Å². The molecule has 1 N–H and O–H groups in total. The first-order valence-corrected chi connectivity index (χ1v) is 8.54. The highest BCUT2D eigenvalue weighted by Gasteiger charge is 2.53. The van der Waals surface area contributed by atoms with Crippen LogP contribution in [0.4, 0.5) is 0 Å². The standard InChI is InChI=1S/C18H33N/c1-12(17(3,4)5)19-13(2)18-9-14-6-15(10-18)8-16(7-14)11-18/h12-16,19H,6-11H2,1-5H3. The van der Waals surface area contributed by atoms with Crippen molar-refractivity contribution in [3.63, 3.8) is 0 Å². The van der Waals surface area contributed by atoms with Crippen LogP contribution in [0, 0.1) is 28.6 Å². The molecule has 1 nitrogen and oxygen atoms in total. The van der Waals surface area contributed by atoms with E-state index in [2.05, 4.69) is 39.9 Å². The minimum Gasteiger partial charge on any atom is -0.311 e. The van der Waals surface area contributed by atoms with Crippen LogP contribution >= 0.6 is 0 Å². The predicted molar refractivity (Wildman–Crippen MR) is 82.1 cm³/mol. The molecular weight excluding hydrogens is 230 g/mol. The van der Waals surface area contributed by atoms with Gasteiger partial charge in [0.15, 0.2) is 0 Å². The quantitative estimate of drug-likeness (QED) is 0.783. The molecule has 4 aliphatic rings. The third-order valence-corrected chi connectivity index (χ3v) is 6.80. The van der Waals surface area contributed by atoms with E-state index in [1.54, 1.807) is 19.3 Å². The normalized spacial score (nSPS) is 44.4. The van der Waals surface area contributed by atoms with Crippen molar-refractivity contribution in [3.8, 4) is 0 Å². The Morgan fingerprint density at radius 2 is 1.32 bits per heavy atom. The monoisotopic (exact) mass is 263 g/mol. The molecule has 0 spiro atoms. The molecule has 1 heteroatoms. The maximum Gasteiger partial charge on any atom is 0.00981 e. The van der Waals surface area contributed by atoms with Gasteiger partial charge in [0.05, 0.1) is 0 Å². The molecule has 0 aromatic heterocycles. The minimum atomic E-state index is 0.372. The largest absolute Gasteiger partial charge is 0.311 e. The summed E-state index contributed by atoms with van der Waals surface area (Å²) in [4.78, 5) is 0. The van der Waals surface area contributed by atoms with E-state index in [0.29, 0.717) is 22.9 Å². The van der Waals surface area contributed by atoms with Crippen molar-refractivity contribution in [3.05, 3.63) is 0 Å². The number of nitrogens with one attached hydrogen (secondary N) is 1. The first-order valence-electron chi connectivity index (χ1n) is 8.54. The molecular formula is C18H33N. The molecule has 2 unspecified atom stereocenters. The SMILES string of the molecule is CC(NC(C)C12CC3CC(CC(C3)C1)C2)C(C)(C)C. The Morgan fingerprint density at radius 1 is 0.895 bits per heavy atom. The van der Waals surface area contributed by atoms with Gasteiger partial charge in [-0.1, -0.05) is 20.8 Å². The Balaban J connectivity index is 1.71. The van der Waals surface area contributed by atoms with Crippen LogP contribution in [-0.2, 0) is 0 Å². The first-order chi connectivity index (χ1) is 8.78. The van der Waals surface area contributed by atoms with Crippen molar-refractivity contribution < 1.29 is 0 Å².